The predicted molar refractivity (Wildman–Crippen MR) is 135 cm³/mol. The Morgan fingerprint density at radius 3 is 2.14 bits per heavy atom. The molecule has 2 N–H and O–H groups in total. The maximum absolute atomic E-state index is 13.8. The molecule has 0 saturated carbocycles. The summed E-state index contributed by atoms with van der Waals surface area (Å²) in [6.45, 7) is 5.63. The van der Waals surface area contributed by atoms with Gasteiger partial charge in [0.2, 0.25) is 5.78 Å². The number of methoxy groups -OCH3 is 2. The number of ketones is 1. The van der Waals surface area contributed by atoms with Gasteiger partial charge in [0.1, 0.15) is 0 Å². The number of benzene rings is 2. The summed E-state index contributed by atoms with van der Waals surface area (Å²) in [5, 5.41) is 0. The number of amides is 1. The number of nitrogens with two attached hydrogens (primary N) is 1. The summed E-state index contributed by atoms with van der Waals surface area (Å²) in [4.78, 5) is 26.7. The van der Waals surface area contributed by atoms with Crippen LogP contribution < -0.4 is 20.1 Å². The minimum atomic E-state index is -0.908. The van der Waals surface area contributed by atoms with Crippen LogP contribution in [-0.2, 0) is 11.2 Å². The molecule has 2 aromatic rings. The number of rotatable bonds is 9. The van der Waals surface area contributed by atoms with Gasteiger partial charge in [0, 0.05) is 24.3 Å². The van der Waals surface area contributed by atoms with Crippen molar-refractivity contribution in [2.24, 2.45) is 5.73 Å². The lowest BCUT2D eigenvalue weighted by Crippen LogP contribution is -2.23. The first-order chi connectivity index (χ1) is 16.9. The molecule has 0 spiro atoms. The van der Waals surface area contributed by atoms with E-state index >= 15 is 0 Å². The fraction of sp³-hybridized carbons (Fsp3) is 0.481. The van der Waals surface area contributed by atoms with E-state index in [1.165, 1.54) is 53.0 Å². The first-order valence-electron chi connectivity index (χ1n) is 12.2. The number of primary amides is 1. The number of carbonyl (C=O) groups is 2. The standard InChI is InChI=1S/C15H22FNO2.C12H14N2O2/c1-18-14-11-12(10-13(16)15(14)19-2)6-5-9-17-7-3-4-8-17;13-12(16)11(15)9-3-5-10(6-4-9)14-7-1-2-8-14/h10-11H,3-9H2,1-2H3;3-6H,1-2,7-8H2,(H2,13,16). The summed E-state index contributed by atoms with van der Waals surface area (Å²) >= 11 is 0. The Balaban J connectivity index is 0.000000198. The lowest BCUT2D eigenvalue weighted by Gasteiger charge is -2.17. The number of ether oxygens (including phenoxy) is 2. The average molecular weight is 486 g/mol. The number of nitrogens with zero attached hydrogens (tertiary/aromatic N) is 2. The van der Waals surface area contributed by atoms with Crippen LogP contribution in [0.2, 0.25) is 0 Å². The van der Waals surface area contributed by atoms with Crippen molar-refractivity contribution in [3.63, 3.8) is 0 Å². The zero-order valence-corrected chi connectivity index (χ0v) is 20.7. The number of Topliss-reactive ketones (excluding diaryl/α,β-unsaturated/α-hetero) is 1. The third kappa shape index (κ3) is 7.42. The average Bonchev–Trinajstić information content (AvgIpc) is 3.58. The molecular weight excluding hydrogens is 449 g/mol. The van der Waals surface area contributed by atoms with Gasteiger partial charge in [-0.15, -0.1) is 0 Å². The third-order valence-corrected chi connectivity index (χ3v) is 6.46. The summed E-state index contributed by atoms with van der Waals surface area (Å²) in [5.74, 6) is -1.23. The first-order valence-corrected chi connectivity index (χ1v) is 12.2. The maximum atomic E-state index is 13.8. The van der Waals surface area contributed by atoms with E-state index < -0.39 is 11.7 Å². The van der Waals surface area contributed by atoms with Gasteiger partial charge in [-0.25, -0.2) is 4.39 Å². The zero-order valence-electron chi connectivity index (χ0n) is 20.7. The molecule has 2 fully saturated rings. The fourth-order valence-electron chi connectivity index (χ4n) is 4.57. The summed E-state index contributed by atoms with van der Waals surface area (Å²) in [7, 11) is 2.99. The lowest BCUT2D eigenvalue weighted by atomic mass is 10.1. The molecular formula is C27H36FN3O4. The Kier molecular flexibility index (Phi) is 9.90. The molecule has 8 heteroatoms. The molecule has 35 heavy (non-hydrogen) atoms. The second-order valence-electron chi connectivity index (χ2n) is 8.90. The van der Waals surface area contributed by atoms with E-state index in [1.807, 2.05) is 18.2 Å². The van der Waals surface area contributed by atoms with Crippen molar-refractivity contribution >= 4 is 17.4 Å². The number of aryl methyl sites for hydroxylation is 1. The lowest BCUT2D eigenvalue weighted by molar-refractivity contribution is -0.114. The quantitative estimate of drug-likeness (QED) is 0.429. The summed E-state index contributed by atoms with van der Waals surface area (Å²) < 4.78 is 24.0. The molecule has 2 aliphatic heterocycles. The first kappa shape index (κ1) is 26.5. The molecule has 0 aromatic heterocycles. The van der Waals surface area contributed by atoms with E-state index in [4.69, 9.17) is 15.2 Å². The number of carbonyl (C=O) groups excluding carboxylic acids is 2. The molecule has 4 rings (SSSR count). The van der Waals surface area contributed by atoms with Gasteiger partial charge in [0.05, 0.1) is 14.2 Å². The van der Waals surface area contributed by atoms with Crippen molar-refractivity contribution in [1.82, 2.24) is 4.90 Å². The van der Waals surface area contributed by atoms with Gasteiger partial charge < -0.3 is 25.0 Å². The number of likely N-dealkylation sites (tertiary alicyclic amines) is 1. The molecule has 2 heterocycles. The molecule has 7 nitrogen and oxygen atoms in total. The smallest absolute Gasteiger partial charge is 0.289 e. The molecule has 0 unspecified atom stereocenters. The van der Waals surface area contributed by atoms with Gasteiger partial charge in [0.25, 0.3) is 5.91 Å². The molecule has 2 aliphatic rings. The van der Waals surface area contributed by atoms with Crippen LogP contribution in [0.15, 0.2) is 36.4 Å². The molecule has 0 radical (unpaired) electrons. The van der Waals surface area contributed by atoms with Gasteiger partial charge in [0.15, 0.2) is 17.3 Å². The van der Waals surface area contributed by atoms with E-state index in [0.717, 1.165) is 43.7 Å². The topological polar surface area (TPSA) is 85.1 Å². The number of hydrogen-bond donors (Lipinski definition) is 1. The van der Waals surface area contributed by atoms with Crippen LogP contribution >= 0.6 is 0 Å². The predicted octanol–water partition coefficient (Wildman–Crippen LogP) is 3.83. The van der Waals surface area contributed by atoms with E-state index in [0.29, 0.717) is 11.3 Å². The minimum absolute atomic E-state index is 0.186. The van der Waals surface area contributed by atoms with Crippen LogP contribution in [0.4, 0.5) is 10.1 Å². The van der Waals surface area contributed by atoms with Gasteiger partial charge in [-0.1, -0.05) is 0 Å². The van der Waals surface area contributed by atoms with Crippen molar-refractivity contribution in [1.29, 1.82) is 0 Å². The van der Waals surface area contributed by atoms with Gasteiger partial charge in [-0.05, 0) is 100 Å². The SMILES string of the molecule is COc1cc(CCCN2CCCC2)cc(F)c1OC.NC(=O)C(=O)c1ccc(N2CCCC2)cc1. The van der Waals surface area contributed by atoms with Crippen LogP contribution in [0.3, 0.4) is 0 Å². The van der Waals surface area contributed by atoms with E-state index in [2.05, 4.69) is 9.80 Å². The number of anilines is 1. The van der Waals surface area contributed by atoms with Crippen LogP contribution in [0.5, 0.6) is 11.5 Å². The van der Waals surface area contributed by atoms with E-state index in [1.54, 1.807) is 18.2 Å². The molecule has 0 bridgehead atoms. The number of halogens is 1. The molecule has 0 aliphatic carbocycles. The summed E-state index contributed by atoms with van der Waals surface area (Å²) in [5.41, 5.74) is 7.35. The Labute approximate surface area is 207 Å². The van der Waals surface area contributed by atoms with Gasteiger partial charge >= 0.3 is 0 Å². The van der Waals surface area contributed by atoms with Crippen molar-refractivity contribution in [3.8, 4) is 11.5 Å². The Hall–Kier alpha value is -3.13. The molecule has 190 valence electrons. The van der Waals surface area contributed by atoms with Crippen LogP contribution in [0.1, 0.15) is 48.0 Å². The van der Waals surface area contributed by atoms with Crippen LogP contribution in [-0.4, -0.2) is 63.5 Å². The zero-order chi connectivity index (χ0) is 25.2. The molecule has 1 amide bonds. The fourth-order valence-corrected chi connectivity index (χ4v) is 4.57. The monoisotopic (exact) mass is 485 g/mol. The highest BCUT2D eigenvalue weighted by molar-refractivity contribution is 6.42. The highest BCUT2D eigenvalue weighted by Gasteiger charge is 2.16. The summed E-state index contributed by atoms with van der Waals surface area (Å²) in [6.07, 6.45) is 6.96. The second-order valence-corrected chi connectivity index (χ2v) is 8.90. The van der Waals surface area contributed by atoms with Gasteiger partial charge in [-0.2, -0.15) is 0 Å². The molecule has 2 saturated heterocycles. The van der Waals surface area contributed by atoms with E-state index in [9.17, 15) is 14.0 Å². The van der Waals surface area contributed by atoms with Crippen molar-refractivity contribution in [3.05, 3.63) is 53.3 Å². The Morgan fingerprint density at radius 2 is 1.57 bits per heavy atom. The van der Waals surface area contributed by atoms with Crippen molar-refractivity contribution in [2.75, 3.05) is 51.8 Å². The van der Waals surface area contributed by atoms with Gasteiger partial charge in [-0.3, -0.25) is 9.59 Å². The maximum Gasteiger partial charge on any atom is 0.289 e. The molecule has 2 aromatic carbocycles. The Bertz CT molecular complexity index is 985. The summed E-state index contributed by atoms with van der Waals surface area (Å²) in [6, 6.07) is 10.4. The largest absolute Gasteiger partial charge is 0.493 e. The highest BCUT2D eigenvalue weighted by Crippen LogP contribution is 2.31. The van der Waals surface area contributed by atoms with Crippen molar-refractivity contribution in [2.45, 2.75) is 38.5 Å². The minimum Gasteiger partial charge on any atom is -0.493 e. The van der Waals surface area contributed by atoms with E-state index in [-0.39, 0.29) is 11.6 Å². The Morgan fingerprint density at radius 1 is 0.943 bits per heavy atom. The number of hydrogen-bond acceptors (Lipinski definition) is 6. The normalized spacial score (nSPS) is 15.5. The third-order valence-electron chi connectivity index (χ3n) is 6.46. The van der Waals surface area contributed by atoms with Crippen LogP contribution in [0.25, 0.3) is 0 Å². The highest BCUT2D eigenvalue weighted by atomic mass is 19.1. The van der Waals surface area contributed by atoms with Crippen LogP contribution in [0, 0.1) is 5.82 Å². The van der Waals surface area contributed by atoms with Crippen molar-refractivity contribution < 1.29 is 23.5 Å². The molecule has 0 atom stereocenters. The second kappa shape index (κ2) is 13.1.